The zero-order chi connectivity index (χ0) is 11.8. The van der Waals surface area contributed by atoms with Crippen molar-refractivity contribution >= 4 is 5.97 Å². The fourth-order valence-electron chi connectivity index (χ4n) is 2.32. The van der Waals surface area contributed by atoms with Crippen molar-refractivity contribution in [1.29, 1.82) is 0 Å². The Kier molecular flexibility index (Phi) is 6.46. The summed E-state index contributed by atoms with van der Waals surface area (Å²) in [6.07, 6.45) is 7.23. The minimum absolute atomic E-state index is 0.0226. The molecule has 0 bridgehead atoms. The highest BCUT2D eigenvalue weighted by atomic mass is 16.5. The van der Waals surface area contributed by atoms with E-state index in [0.717, 1.165) is 25.9 Å². The summed E-state index contributed by atoms with van der Waals surface area (Å²) in [6.45, 7) is 5.56. The van der Waals surface area contributed by atoms with Gasteiger partial charge in [-0.3, -0.25) is 4.79 Å². The number of carbonyl (C=O) groups excluding carboxylic acids is 1. The number of rotatable bonds is 6. The lowest BCUT2D eigenvalue weighted by Crippen LogP contribution is -2.37. The summed E-state index contributed by atoms with van der Waals surface area (Å²) in [5.41, 5.74) is 0. The van der Waals surface area contributed by atoms with E-state index in [2.05, 4.69) is 11.8 Å². The highest BCUT2D eigenvalue weighted by Crippen LogP contribution is 2.18. The second-order valence-electron chi connectivity index (χ2n) is 4.70. The van der Waals surface area contributed by atoms with Gasteiger partial charge in [0.2, 0.25) is 0 Å². The molecule has 0 amide bonds. The first-order chi connectivity index (χ1) is 7.77. The van der Waals surface area contributed by atoms with Crippen molar-refractivity contribution in [3.05, 3.63) is 0 Å². The van der Waals surface area contributed by atoms with Gasteiger partial charge in [0.25, 0.3) is 0 Å². The molecule has 0 atom stereocenters. The smallest absolute Gasteiger partial charge is 0.308 e. The third-order valence-corrected chi connectivity index (χ3v) is 3.45. The van der Waals surface area contributed by atoms with Gasteiger partial charge in [-0.25, -0.2) is 0 Å². The molecular weight excluding hydrogens is 202 g/mol. The Labute approximate surface area is 99.1 Å². The molecule has 0 aromatic heterocycles. The molecule has 0 aromatic rings. The van der Waals surface area contributed by atoms with Crippen molar-refractivity contribution in [2.24, 2.45) is 5.92 Å². The number of likely N-dealkylation sites (tertiary alicyclic amines) is 1. The third-order valence-electron chi connectivity index (χ3n) is 3.45. The van der Waals surface area contributed by atoms with Crippen LogP contribution < -0.4 is 0 Å². The van der Waals surface area contributed by atoms with Gasteiger partial charge in [0.15, 0.2) is 0 Å². The average molecular weight is 227 g/mol. The Morgan fingerprint density at radius 3 is 2.50 bits per heavy atom. The van der Waals surface area contributed by atoms with Crippen LogP contribution in [0.3, 0.4) is 0 Å². The molecule has 1 aliphatic rings. The van der Waals surface area contributed by atoms with E-state index in [1.165, 1.54) is 39.3 Å². The fourth-order valence-corrected chi connectivity index (χ4v) is 2.32. The molecule has 3 nitrogen and oxygen atoms in total. The molecule has 1 heterocycles. The quantitative estimate of drug-likeness (QED) is 0.515. The monoisotopic (exact) mass is 227 g/mol. The van der Waals surface area contributed by atoms with Gasteiger partial charge in [0.1, 0.15) is 0 Å². The van der Waals surface area contributed by atoms with Gasteiger partial charge in [-0.1, -0.05) is 26.2 Å². The number of nitrogens with zero attached hydrogens (tertiary/aromatic N) is 1. The number of unbranched alkanes of at least 4 members (excludes halogenated alkanes) is 3. The molecule has 0 aromatic carbocycles. The van der Waals surface area contributed by atoms with Crippen LogP contribution in [0.4, 0.5) is 0 Å². The first-order valence-electron chi connectivity index (χ1n) is 6.58. The third kappa shape index (κ3) is 4.52. The largest absolute Gasteiger partial charge is 0.469 e. The van der Waals surface area contributed by atoms with Crippen LogP contribution in [-0.4, -0.2) is 37.6 Å². The number of esters is 1. The summed E-state index contributed by atoms with van der Waals surface area (Å²) < 4.78 is 4.78. The summed E-state index contributed by atoms with van der Waals surface area (Å²) in [5.74, 6) is 0.127. The molecule has 3 heteroatoms. The van der Waals surface area contributed by atoms with E-state index in [1.54, 1.807) is 0 Å². The van der Waals surface area contributed by atoms with E-state index in [0.29, 0.717) is 0 Å². The predicted octanol–water partition coefficient (Wildman–Crippen LogP) is 2.45. The second kappa shape index (κ2) is 7.66. The van der Waals surface area contributed by atoms with Crippen LogP contribution in [0.15, 0.2) is 0 Å². The summed E-state index contributed by atoms with van der Waals surface area (Å²) in [7, 11) is 1.49. The van der Waals surface area contributed by atoms with Crippen LogP contribution in [0.1, 0.15) is 45.4 Å². The van der Waals surface area contributed by atoms with Gasteiger partial charge in [-0.2, -0.15) is 0 Å². The molecule has 1 aliphatic heterocycles. The van der Waals surface area contributed by atoms with Gasteiger partial charge in [0.05, 0.1) is 13.0 Å². The summed E-state index contributed by atoms with van der Waals surface area (Å²) in [4.78, 5) is 13.8. The molecule has 94 valence electrons. The topological polar surface area (TPSA) is 29.5 Å². The molecule has 1 saturated heterocycles. The molecular formula is C13H25NO2. The Balaban J connectivity index is 2.10. The predicted molar refractivity (Wildman–Crippen MR) is 65.3 cm³/mol. The number of piperidine rings is 1. The minimum atomic E-state index is -0.0226. The van der Waals surface area contributed by atoms with Crippen LogP contribution in [-0.2, 0) is 9.53 Å². The summed E-state index contributed by atoms with van der Waals surface area (Å²) in [6, 6.07) is 0. The fraction of sp³-hybridized carbons (Fsp3) is 0.923. The number of ether oxygens (including phenoxy) is 1. The SMILES string of the molecule is CCCCCCN1CCC(C(=O)OC)CC1. The normalized spacial score (nSPS) is 18.6. The van der Waals surface area contributed by atoms with Gasteiger partial charge >= 0.3 is 5.97 Å². The van der Waals surface area contributed by atoms with E-state index >= 15 is 0 Å². The molecule has 0 aliphatic carbocycles. The Morgan fingerprint density at radius 1 is 1.25 bits per heavy atom. The van der Waals surface area contributed by atoms with Crippen molar-refractivity contribution < 1.29 is 9.53 Å². The highest BCUT2D eigenvalue weighted by Gasteiger charge is 2.24. The van der Waals surface area contributed by atoms with E-state index in [9.17, 15) is 4.79 Å². The maximum atomic E-state index is 11.3. The molecule has 0 spiro atoms. The van der Waals surface area contributed by atoms with Gasteiger partial charge < -0.3 is 9.64 Å². The van der Waals surface area contributed by atoms with Gasteiger partial charge in [-0.05, 0) is 38.9 Å². The van der Waals surface area contributed by atoms with Gasteiger partial charge in [0, 0.05) is 0 Å². The minimum Gasteiger partial charge on any atom is -0.469 e. The number of methoxy groups -OCH3 is 1. The maximum absolute atomic E-state index is 11.3. The Hall–Kier alpha value is -0.570. The first kappa shape index (κ1) is 13.5. The van der Waals surface area contributed by atoms with Crippen molar-refractivity contribution in [2.75, 3.05) is 26.7 Å². The standard InChI is InChI=1S/C13H25NO2/c1-3-4-5-6-9-14-10-7-12(8-11-14)13(15)16-2/h12H,3-11H2,1-2H3. The average Bonchev–Trinajstić information content (AvgIpc) is 2.34. The molecule has 16 heavy (non-hydrogen) atoms. The van der Waals surface area contributed by atoms with Crippen LogP contribution in [0, 0.1) is 5.92 Å². The summed E-state index contributed by atoms with van der Waals surface area (Å²) >= 11 is 0. The van der Waals surface area contributed by atoms with Crippen LogP contribution in [0.5, 0.6) is 0 Å². The van der Waals surface area contributed by atoms with E-state index in [-0.39, 0.29) is 11.9 Å². The lowest BCUT2D eigenvalue weighted by molar-refractivity contribution is -0.147. The summed E-state index contributed by atoms with van der Waals surface area (Å²) in [5, 5.41) is 0. The number of hydrogen-bond acceptors (Lipinski definition) is 3. The zero-order valence-corrected chi connectivity index (χ0v) is 10.7. The second-order valence-corrected chi connectivity index (χ2v) is 4.70. The van der Waals surface area contributed by atoms with Crippen molar-refractivity contribution in [2.45, 2.75) is 45.4 Å². The molecule has 1 fully saturated rings. The molecule has 0 unspecified atom stereocenters. The van der Waals surface area contributed by atoms with Crippen LogP contribution in [0.2, 0.25) is 0 Å². The van der Waals surface area contributed by atoms with Gasteiger partial charge in [-0.15, -0.1) is 0 Å². The zero-order valence-electron chi connectivity index (χ0n) is 10.7. The number of carbonyl (C=O) groups is 1. The Morgan fingerprint density at radius 2 is 1.94 bits per heavy atom. The molecule has 0 N–H and O–H groups in total. The Bertz CT molecular complexity index is 198. The first-order valence-corrected chi connectivity index (χ1v) is 6.58. The van der Waals surface area contributed by atoms with E-state index < -0.39 is 0 Å². The van der Waals surface area contributed by atoms with E-state index in [4.69, 9.17) is 4.74 Å². The maximum Gasteiger partial charge on any atom is 0.308 e. The number of hydrogen-bond donors (Lipinski definition) is 0. The highest BCUT2D eigenvalue weighted by molar-refractivity contribution is 5.72. The van der Waals surface area contributed by atoms with Crippen molar-refractivity contribution in [1.82, 2.24) is 4.90 Å². The lowest BCUT2D eigenvalue weighted by atomic mass is 9.97. The lowest BCUT2D eigenvalue weighted by Gasteiger charge is -2.30. The van der Waals surface area contributed by atoms with E-state index in [1.807, 2.05) is 0 Å². The molecule has 0 radical (unpaired) electrons. The molecule has 0 saturated carbocycles. The van der Waals surface area contributed by atoms with Crippen molar-refractivity contribution in [3.8, 4) is 0 Å². The van der Waals surface area contributed by atoms with Crippen LogP contribution >= 0.6 is 0 Å². The van der Waals surface area contributed by atoms with Crippen molar-refractivity contribution in [3.63, 3.8) is 0 Å². The van der Waals surface area contributed by atoms with Crippen LogP contribution in [0.25, 0.3) is 0 Å². The molecule has 1 rings (SSSR count).